The number of benzene rings is 1. The van der Waals surface area contributed by atoms with Gasteiger partial charge in [-0.2, -0.15) is 0 Å². The van der Waals surface area contributed by atoms with Gasteiger partial charge in [0.1, 0.15) is 19.0 Å². The lowest BCUT2D eigenvalue weighted by Gasteiger charge is -2.11. The van der Waals surface area contributed by atoms with Gasteiger partial charge in [0.25, 0.3) is 0 Å². The zero-order chi connectivity index (χ0) is 14.1. The molecule has 19 heavy (non-hydrogen) atoms. The molecule has 0 heterocycles. The Morgan fingerprint density at radius 2 is 2.11 bits per heavy atom. The van der Waals surface area contributed by atoms with Crippen LogP contribution in [-0.2, 0) is 6.42 Å². The molecule has 0 spiro atoms. The topological polar surface area (TPSA) is 66.8 Å². The highest BCUT2D eigenvalue weighted by atomic mass is 16.5. The molecule has 1 rings (SSSR count). The van der Waals surface area contributed by atoms with Crippen LogP contribution in [0.5, 0.6) is 5.75 Å². The minimum absolute atomic E-state index is 0.00484. The van der Waals surface area contributed by atoms with Crippen molar-refractivity contribution >= 4 is 5.78 Å². The first-order valence-corrected chi connectivity index (χ1v) is 6.38. The molecule has 1 aromatic carbocycles. The summed E-state index contributed by atoms with van der Waals surface area (Å²) in [7, 11) is 0. The van der Waals surface area contributed by atoms with E-state index in [2.05, 4.69) is 6.92 Å². The van der Waals surface area contributed by atoms with E-state index in [4.69, 9.17) is 14.9 Å². The molecule has 104 valence electrons. The van der Waals surface area contributed by atoms with Crippen LogP contribution in [0, 0.1) is 0 Å². The Balaban J connectivity index is 2.84. The van der Waals surface area contributed by atoms with E-state index in [9.17, 15) is 4.79 Å². The largest absolute Gasteiger partial charge is 0.489 e. The molecule has 0 aromatic heterocycles. The lowest BCUT2D eigenvalue weighted by atomic mass is 10.0. The van der Waals surface area contributed by atoms with Crippen molar-refractivity contribution in [3.63, 3.8) is 0 Å². The number of Topliss-reactive ketones (excluding diaryl/α,β-unsaturated/α-hetero) is 1. The zero-order valence-electron chi connectivity index (χ0n) is 11.1. The van der Waals surface area contributed by atoms with Crippen LogP contribution in [0.4, 0.5) is 0 Å². The third-order valence-electron chi connectivity index (χ3n) is 2.65. The Morgan fingerprint density at radius 1 is 1.32 bits per heavy atom. The molecule has 4 nitrogen and oxygen atoms in total. The number of rotatable bonds is 8. The van der Waals surface area contributed by atoms with Gasteiger partial charge in [0.2, 0.25) is 0 Å². The first-order valence-electron chi connectivity index (χ1n) is 6.38. The van der Waals surface area contributed by atoms with Gasteiger partial charge in [0.15, 0.2) is 5.78 Å². The number of aliphatic hydroxyl groups is 2. The SMILES string of the molecule is CCCc1cc(C(=O)CO)ccc1OCC=CCO. The van der Waals surface area contributed by atoms with Crippen molar-refractivity contribution in [2.24, 2.45) is 0 Å². The highest BCUT2D eigenvalue weighted by Gasteiger charge is 2.09. The average molecular weight is 264 g/mol. The minimum Gasteiger partial charge on any atom is -0.489 e. The van der Waals surface area contributed by atoms with Crippen molar-refractivity contribution in [1.82, 2.24) is 0 Å². The Bertz CT molecular complexity index is 438. The van der Waals surface area contributed by atoms with E-state index in [1.54, 1.807) is 30.4 Å². The standard InChI is InChI=1S/C15H20O4/c1-2-5-13-10-12(14(18)11-17)6-7-15(13)19-9-4-3-8-16/h3-4,6-7,10,16-17H,2,5,8-9,11H2,1H3. The summed E-state index contributed by atoms with van der Waals surface area (Å²) in [5, 5.41) is 17.5. The molecular weight excluding hydrogens is 244 g/mol. The van der Waals surface area contributed by atoms with E-state index in [1.807, 2.05) is 0 Å². The molecule has 0 radical (unpaired) electrons. The predicted octanol–water partition coefficient (Wildman–Crippen LogP) is 1.74. The summed E-state index contributed by atoms with van der Waals surface area (Å²) in [5.74, 6) is 0.447. The van der Waals surface area contributed by atoms with Crippen LogP contribution in [0.2, 0.25) is 0 Å². The van der Waals surface area contributed by atoms with E-state index in [0.29, 0.717) is 12.2 Å². The van der Waals surface area contributed by atoms with Crippen molar-refractivity contribution < 1.29 is 19.7 Å². The van der Waals surface area contributed by atoms with E-state index >= 15 is 0 Å². The maximum Gasteiger partial charge on any atom is 0.188 e. The lowest BCUT2D eigenvalue weighted by molar-refractivity contribution is 0.0903. The van der Waals surface area contributed by atoms with Gasteiger partial charge in [-0.15, -0.1) is 0 Å². The van der Waals surface area contributed by atoms with Gasteiger partial charge in [0, 0.05) is 5.56 Å². The van der Waals surface area contributed by atoms with E-state index in [-0.39, 0.29) is 12.4 Å². The molecule has 0 aliphatic carbocycles. The number of hydrogen-bond acceptors (Lipinski definition) is 4. The summed E-state index contributed by atoms with van der Waals surface area (Å²) in [4.78, 5) is 11.5. The summed E-state index contributed by atoms with van der Waals surface area (Å²) in [6, 6.07) is 5.18. The third kappa shape index (κ3) is 4.85. The van der Waals surface area contributed by atoms with Gasteiger partial charge in [-0.25, -0.2) is 0 Å². The van der Waals surface area contributed by atoms with Crippen molar-refractivity contribution in [3.05, 3.63) is 41.5 Å². The highest BCUT2D eigenvalue weighted by Crippen LogP contribution is 2.22. The van der Waals surface area contributed by atoms with Gasteiger partial charge >= 0.3 is 0 Å². The second-order valence-corrected chi connectivity index (χ2v) is 4.12. The molecule has 0 saturated carbocycles. The van der Waals surface area contributed by atoms with Crippen molar-refractivity contribution in [2.75, 3.05) is 19.8 Å². The molecule has 2 N–H and O–H groups in total. The quantitative estimate of drug-likeness (QED) is 0.554. The maximum atomic E-state index is 11.5. The van der Waals surface area contributed by atoms with Crippen molar-refractivity contribution in [1.29, 1.82) is 0 Å². The molecule has 0 aliphatic rings. The molecular formula is C15H20O4. The van der Waals surface area contributed by atoms with Gasteiger partial charge < -0.3 is 14.9 Å². The summed E-state index contributed by atoms with van der Waals surface area (Å²) < 4.78 is 5.59. The number of aliphatic hydroxyl groups excluding tert-OH is 2. The fourth-order valence-corrected chi connectivity index (χ4v) is 1.73. The van der Waals surface area contributed by atoms with E-state index in [0.717, 1.165) is 24.2 Å². The second-order valence-electron chi connectivity index (χ2n) is 4.12. The number of aryl methyl sites for hydroxylation is 1. The van der Waals surface area contributed by atoms with Crippen LogP contribution in [-0.4, -0.2) is 35.8 Å². The Hall–Kier alpha value is -1.65. The molecule has 0 fully saturated rings. The summed E-state index contributed by atoms with van der Waals surface area (Å²) in [5.41, 5.74) is 1.46. The lowest BCUT2D eigenvalue weighted by Crippen LogP contribution is -2.06. The summed E-state index contributed by atoms with van der Waals surface area (Å²) >= 11 is 0. The van der Waals surface area contributed by atoms with E-state index in [1.165, 1.54) is 0 Å². The fraction of sp³-hybridized carbons (Fsp3) is 0.400. The molecule has 0 atom stereocenters. The number of ketones is 1. The summed E-state index contributed by atoms with van der Waals surface area (Å²) in [6.07, 6.45) is 5.11. The molecule has 0 aliphatic heterocycles. The number of ether oxygens (including phenoxy) is 1. The normalized spacial score (nSPS) is 10.9. The smallest absolute Gasteiger partial charge is 0.188 e. The average Bonchev–Trinajstić information content (AvgIpc) is 2.44. The Kier molecular flexibility index (Phi) is 6.85. The van der Waals surface area contributed by atoms with Gasteiger partial charge in [0.05, 0.1) is 6.61 Å². The molecule has 0 saturated heterocycles. The first kappa shape index (κ1) is 15.4. The Morgan fingerprint density at radius 3 is 2.74 bits per heavy atom. The van der Waals surface area contributed by atoms with Crippen molar-refractivity contribution in [3.8, 4) is 5.75 Å². The zero-order valence-corrected chi connectivity index (χ0v) is 11.1. The highest BCUT2D eigenvalue weighted by molar-refractivity contribution is 5.97. The molecule has 4 heteroatoms. The number of hydrogen-bond donors (Lipinski definition) is 2. The maximum absolute atomic E-state index is 11.5. The Labute approximate surface area is 113 Å². The number of carbonyl (C=O) groups is 1. The van der Waals surface area contributed by atoms with E-state index < -0.39 is 6.61 Å². The number of carbonyl (C=O) groups excluding carboxylic acids is 1. The van der Waals surface area contributed by atoms with Crippen LogP contribution >= 0.6 is 0 Å². The molecule has 0 amide bonds. The van der Waals surface area contributed by atoms with Gasteiger partial charge in [-0.1, -0.05) is 19.4 Å². The van der Waals surface area contributed by atoms with Crippen LogP contribution in [0.1, 0.15) is 29.3 Å². The van der Waals surface area contributed by atoms with Crippen LogP contribution in [0.3, 0.4) is 0 Å². The van der Waals surface area contributed by atoms with Crippen LogP contribution in [0.25, 0.3) is 0 Å². The molecule has 0 unspecified atom stereocenters. The fourth-order valence-electron chi connectivity index (χ4n) is 1.73. The molecule has 1 aromatic rings. The van der Waals surface area contributed by atoms with Crippen LogP contribution in [0.15, 0.2) is 30.4 Å². The summed E-state index contributed by atoms with van der Waals surface area (Å²) in [6.45, 7) is 1.95. The monoisotopic (exact) mass is 264 g/mol. The predicted molar refractivity (Wildman–Crippen MR) is 73.6 cm³/mol. The molecule has 0 bridgehead atoms. The van der Waals surface area contributed by atoms with Crippen LogP contribution < -0.4 is 4.74 Å². The second kappa shape index (κ2) is 8.45. The van der Waals surface area contributed by atoms with Crippen molar-refractivity contribution in [2.45, 2.75) is 19.8 Å². The third-order valence-corrected chi connectivity index (χ3v) is 2.65. The first-order chi connectivity index (χ1) is 9.22. The minimum atomic E-state index is -0.481. The van der Waals surface area contributed by atoms with Gasteiger partial charge in [-0.3, -0.25) is 4.79 Å². The van der Waals surface area contributed by atoms with Gasteiger partial charge in [-0.05, 0) is 36.3 Å².